The van der Waals surface area contributed by atoms with Gasteiger partial charge in [-0.05, 0) is 79.4 Å². The fourth-order valence-corrected chi connectivity index (χ4v) is 5.63. The summed E-state index contributed by atoms with van der Waals surface area (Å²) >= 11 is 0. The fourth-order valence-electron chi connectivity index (χ4n) is 5.63. The van der Waals surface area contributed by atoms with Crippen LogP contribution in [0.25, 0.3) is 0 Å². The summed E-state index contributed by atoms with van der Waals surface area (Å²) in [6.45, 7) is 2.51. The lowest BCUT2D eigenvalue weighted by Crippen LogP contribution is -2.46. The molecule has 3 aromatic rings. The van der Waals surface area contributed by atoms with Gasteiger partial charge in [-0.15, -0.1) is 0 Å². The van der Waals surface area contributed by atoms with Gasteiger partial charge in [0.2, 0.25) is 0 Å². The minimum absolute atomic E-state index is 0.0372. The lowest BCUT2D eigenvalue weighted by Gasteiger charge is -2.28. The first-order chi connectivity index (χ1) is 20.9. The molecule has 2 aliphatic rings. The van der Waals surface area contributed by atoms with Gasteiger partial charge in [-0.3, -0.25) is 9.59 Å². The average molecular weight is 590 g/mol. The van der Waals surface area contributed by atoms with E-state index in [1.807, 2.05) is 4.90 Å². The predicted octanol–water partition coefficient (Wildman–Crippen LogP) is 5.70. The number of carbonyl (C=O) groups excluding carboxylic acids is 3. The topological polar surface area (TPSA) is 93.8 Å². The molecule has 1 aliphatic carbocycles. The Hall–Kier alpha value is -4.47. The largest absolute Gasteiger partial charge is 0.369 e. The molecule has 10 heteroatoms. The molecule has 3 aromatic carbocycles. The number of benzene rings is 3. The number of anilines is 2. The Morgan fingerprint density at radius 1 is 0.744 bits per heavy atom. The van der Waals surface area contributed by atoms with Crippen molar-refractivity contribution in [3.63, 3.8) is 0 Å². The van der Waals surface area contributed by atoms with Gasteiger partial charge in [0, 0.05) is 55.7 Å². The molecule has 0 atom stereocenters. The van der Waals surface area contributed by atoms with E-state index < -0.39 is 11.7 Å². The van der Waals surface area contributed by atoms with Crippen LogP contribution in [0.15, 0.2) is 66.7 Å². The van der Waals surface area contributed by atoms with Gasteiger partial charge in [-0.1, -0.05) is 31.4 Å². The highest BCUT2D eigenvalue weighted by molar-refractivity contribution is 6.06. The summed E-state index contributed by atoms with van der Waals surface area (Å²) in [6.07, 6.45) is 6.28. The number of hydrogen-bond acceptors (Lipinski definition) is 4. The van der Waals surface area contributed by atoms with Crippen LogP contribution >= 0.6 is 0 Å². The quantitative estimate of drug-likeness (QED) is 0.330. The third-order valence-corrected chi connectivity index (χ3v) is 8.03. The van der Waals surface area contributed by atoms with Crippen LogP contribution in [0.5, 0.6) is 0 Å². The van der Waals surface area contributed by atoms with Gasteiger partial charge in [0.1, 0.15) is 11.6 Å². The molecule has 4 amide bonds. The zero-order valence-corrected chi connectivity index (χ0v) is 24.1. The van der Waals surface area contributed by atoms with E-state index in [0.717, 1.165) is 37.7 Å². The summed E-state index contributed by atoms with van der Waals surface area (Å²) < 4.78 is 26.7. The second-order valence-corrected chi connectivity index (χ2v) is 11.1. The molecular formula is C33H37F2N5O3. The van der Waals surface area contributed by atoms with Crippen molar-refractivity contribution >= 4 is 29.2 Å². The van der Waals surface area contributed by atoms with Gasteiger partial charge in [0.05, 0.1) is 5.56 Å². The number of hydrogen-bond donors (Lipinski definition) is 3. The maximum Gasteiger partial charge on any atom is 0.317 e. The van der Waals surface area contributed by atoms with E-state index in [-0.39, 0.29) is 35.9 Å². The van der Waals surface area contributed by atoms with Crippen molar-refractivity contribution in [3.05, 3.63) is 95.1 Å². The van der Waals surface area contributed by atoms with Crippen LogP contribution in [-0.2, 0) is 6.54 Å². The minimum Gasteiger partial charge on any atom is -0.369 e. The molecule has 1 saturated heterocycles. The van der Waals surface area contributed by atoms with Crippen molar-refractivity contribution in [2.24, 2.45) is 0 Å². The molecule has 1 aliphatic heterocycles. The van der Waals surface area contributed by atoms with Crippen molar-refractivity contribution in [1.82, 2.24) is 15.5 Å². The van der Waals surface area contributed by atoms with Crippen LogP contribution in [0, 0.1) is 11.6 Å². The van der Waals surface area contributed by atoms with Crippen LogP contribution in [0.4, 0.5) is 25.0 Å². The van der Waals surface area contributed by atoms with Crippen LogP contribution in [0.3, 0.4) is 0 Å². The number of halogens is 2. The number of carbonyl (C=O) groups is 3. The van der Waals surface area contributed by atoms with Crippen LogP contribution < -0.4 is 20.9 Å². The van der Waals surface area contributed by atoms with Gasteiger partial charge >= 0.3 is 6.03 Å². The number of nitrogens with zero attached hydrogens (tertiary/aromatic N) is 2. The van der Waals surface area contributed by atoms with E-state index >= 15 is 0 Å². The highest BCUT2D eigenvalue weighted by atomic mass is 19.1. The maximum atomic E-state index is 13.5. The Labute approximate surface area is 250 Å². The van der Waals surface area contributed by atoms with E-state index in [2.05, 4.69) is 20.9 Å². The Bertz CT molecular complexity index is 1430. The lowest BCUT2D eigenvalue weighted by molar-refractivity contribution is 0.0950. The van der Waals surface area contributed by atoms with Gasteiger partial charge in [0.25, 0.3) is 11.8 Å². The Kier molecular flexibility index (Phi) is 9.86. The summed E-state index contributed by atoms with van der Waals surface area (Å²) in [5, 5.41) is 8.90. The third kappa shape index (κ3) is 8.09. The number of amides is 4. The van der Waals surface area contributed by atoms with Crippen molar-refractivity contribution in [2.45, 2.75) is 51.1 Å². The normalized spacial score (nSPS) is 15.9. The van der Waals surface area contributed by atoms with Gasteiger partial charge in [-0.2, -0.15) is 0 Å². The summed E-state index contributed by atoms with van der Waals surface area (Å²) in [5.41, 5.74) is 2.48. The Morgan fingerprint density at radius 2 is 1.44 bits per heavy atom. The second-order valence-electron chi connectivity index (χ2n) is 11.1. The second kappa shape index (κ2) is 14.1. The first-order valence-corrected chi connectivity index (χ1v) is 14.9. The Balaban J connectivity index is 1.32. The maximum absolute atomic E-state index is 13.5. The molecule has 2 fully saturated rings. The number of urea groups is 1. The van der Waals surface area contributed by atoms with E-state index in [1.165, 1.54) is 42.8 Å². The number of nitrogens with one attached hydrogen (secondary N) is 3. The third-order valence-electron chi connectivity index (χ3n) is 8.03. The SMILES string of the molecule is O=C(Nc1ccc(N2CCCN(C(=O)NC3CCCCC3)CC2)c(C(=O)NCc2ccc(F)cc2)c1)c1ccc(F)cc1. The fraction of sp³-hybridized carbons (Fsp3) is 0.364. The van der Waals surface area contributed by atoms with Crippen molar-refractivity contribution in [3.8, 4) is 0 Å². The highest BCUT2D eigenvalue weighted by Gasteiger charge is 2.25. The zero-order valence-electron chi connectivity index (χ0n) is 24.1. The van der Waals surface area contributed by atoms with Crippen molar-refractivity contribution in [1.29, 1.82) is 0 Å². The molecule has 1 saturated carbocycles. The molecule has 1 heterocycles. The van der Waals surface area contributed by atoms with Crippen LogP contribution in [0.1, 0.15) is 64.8 Å². The van der Waals surface area contributed by atoms with E-state index in [0.29, 0.717) is 43.1 Å². The first kappa shape index (κ1) is 30.0. The summed E-state index contributed by atoms with van der Waals surface area (Å²) in [6, 6.07) is 16.4. The summed E-state index contributed by atoms with van der Waals surface area (Å²) in [7, 11) is 0. The van der Waals surface area contributed by atoms with E-state index in [9.17, 15) is 23.2 Å². The molecular weight excluding hydrogens is 552 g/mol. The first-order valence-electron chi connectivity index (χ1n) is 14.9. The van der Waals surface area contributed by atoms with E-state index in [1.54, 1.807) is 30.3 Å². The molecule has 3 N–H and O–H groups in total. The van der Waals surface area contributed by atoms with Crippen LogP contribution in [-0.4, -0.2) is 55.0 Å². The van der Waals surface area contributed by atoms with Crippen LogP contribution in [0.2, 0.25) is 0 Å². The summed E-state index contributed by atoms with van der Waals surface area (Å²) in [4.78, 5) is 43.3. The molecule has 0 bridgehead atoms. The standard InChI is InChI=1S/C33H37F2N5O3/c34-25-11-7-23(8-12-25)22-36-32(42)29-21-28(37-31(41)24-9-13-26(35)14-10-24)15-16-30(29)39-17-4-18-40(20-19-39)33(43)38-27-5-2-1-3-6-27/h7-16,21,27H,1-6,17-20,22H2,(H,36,42)(H,37,41)(H,38,43). The Morgan fingerprint density at radius 3 is 2.16 bits per heavy atom. The molecule has 0 aromatic heterocycles. The zero-order chi connectivity index (χ0) is 30.2. The molecule has 0 unspecified atom stereocenters. The van der Waals surface area contributed by atoms with Crippen molar-refractivity contribution < 1.29 is 23.2 Å². The van der Waals surface area contributed by atoms with Crippen molar-refractivity contribution in [2.75, 3.05) is 36.4 Å². The highest BCUT2D eigenvalue weighted by Crippen LogP contribution is 2.27. The van der Waals surface area contributed by atoms with Gasteiger partial charge in [0.15, 0.2) is 0 Å². The smallest absolute Gasteiger partial charge is 0.317 e. The molecule has 0 radical (unpaired) electrons. The van der Waals surface area contributed by atoms with Gasteiger partial charge in [-0.25, -0.2) is 13.6 Å². The molecule has 43 heavy (non-hydrogen) atoms. The summed E-state index contributed by atoms with van der Waals surface area (Å²) in [5.74, 6) is -1.58. The lowest BCUT2D eigenvalue weighted by atomic mass is 9.96. The number of rotatable bonds is 7. The monoisotopic (exact) mass is 589 g/mol. The van der Waals surface area contributed by atoms with Gasteiger partial charge < -0.3 is 25.8 Å². The average Bonchev–Trinajstić information content (AvgIpc) is 3.28. The molecule has 226 valence electrons. The predicted molar refractivity (Wildman–Crippen MR) is 162 cm³/mol. The molecule has 8 nitrogen and oxygen atoms in total. The molecule has 5 rings (SSSR count). The minimum atomic E-state index is -0.441. The molecule has 0 spiro atoms. The van der Waals surface area contributed by atoms with E-state index in [4.69, 9.17) is 0 Å².